The molecule has 0 bridgehead atoms. The third kappa shape index (κ3) is 4.75. The maximum Gasteiger partial charge on any atom is 0.232 e. The van der Waals surface area contributed by atoms with E-state index in [0.717, 1.165) is 41.4 Å². The van der Waals surface area contributed by atoms with Crippen LogP contribution in [0.5, 0.6) is 5.75 Å². The quantitative estimate of drug-likeness (QED) is 0.427. The molecule has 2 aromatic carbocycles. The summed E-state index contributed by atoms with van der Waals surface area (Å²) in [5.41, 5.74) is 2.87. The number of hydrogen-bond donors (Lipinski definition) is 0. The summed E-state index contributed by atoms with van der Waals surface area (Å²) in [5.74, 6) is 2.33. The van der Waals surface area contributed by atoms with Crippen molar-refractivity contribution in [2.75, 3.05) is 43.6 Å². The van der Waals surface area contributed by atoms with Gasteiger partial charge in [-0.25, -0.2) is 0 Å². The summed E-state index contributed by atoms with van der Waals surface area (Å²) in [7, 11) is 0. The van der Waals surface area contributed by atoms with Crippen LogP contribution in [0, 0.1) is 18.3 Å². The molecule has 0 radical (unpaired) electrons. The number of rotatable bonds is 7. The average Bonchev–Trinajstić information content (AvgIpc) is 3.22. The fraction of sp³-hybridized carbons (Fsp3) is 0.318. The maximum absolute atomic E-state index is 8.88. The van der Waals surface area contributed by atoms with E-state index in [0.29, 0.717) is 25.4 Å². The van der Waals surface area contributed by atoms with Gasteiger partial charge in [0.05, 0.1) is 37.1 Å². The molecular formula is C22H23N5O2S. The van der Waals surface area contributed by atoms with Gasteiger partial charge in [-0.3, -0.25) is 4.57 Å². The van der Waals surface area contributed by atoms with Crippen LogP contribution >= 0.6 is 11.8 Å². The van der Waals surface area contributed by atoms with Crippen molar-refractivity contribution in [3.05, 3.63) is 59.7 Å². The highest BCUT2D eigenvalue weighted by atomic mass is 32.2. The molecule has 0 amide bonds. The first kappa shape index (κ1) is 20.3. The van der Waals surface area contributed by atoms with Crippen molar-refractivity contribution >= 4 is 17.7 Å². The molecule has 4 rings (SSSR count). The monoisotopic (exact) mass is 421 g/mol. The van der Waals surface area contributed by atoms with Gasteiger partial charge < -0.3 is 14.4 Å². The van der Waals surface area contributed by atoms with Crippen molar-refractivity contribution in [1.29, 1.82) is 5.26 Å². The first-order chi connectivity index (χ1) is 14.7. The number of hydrogen-bond acceptors (Lipinski definition) is 7. The molecule has 1 aromatic heterocycles. The molecule has 1 fully saturated rings. The van der Waals surface area contributed by atoms with Crippen LogP contribution < -0.4 is 9.64 Å². The molecule has 7 nitrogen and oxygen atoms in total. The lowest BCUT2D eigenvalue weighted by Gasteiger charge is -2.28. The maximum atomic E-state index is 8.88. The number of aromatic nitrogens is 3. The van der Waals surface area contributed by atoms with Gasteiger partial charge in [0, 0.05) is 18.8 Å². The van der Waals surface area contributed by atoms with Gasteiger partial charge in [-0.15, -0.1) is 10.2 Å². The largest absolute Gasteiger partial charge is 0.493 e. The zero-order chi connectivity index (χ0) is 20.8. The predicted octanol–water partition coefficient (Wildman–Crippen LogP) is 3.46. The second-order valence-corrected chi connectivity index (χ2v) is 7.95. The van der Waals surface area contributed by atoms with Crippen LogP contribution in [-0.4, -0.2) is 53.4 Å². The van der Waals surface area contributed by atoms with E-state index >= 15 is 0 Å². The molecule has 0 unspecified atom stereocenters. The van der Waals surface area contributed by atoms with E-state index in [4.69, 9.17) is 14.7 Å². The van der Waals surface area contributed by atoms with E-state index in [1.54, 1.807) is 23.9 Å². The molecule has 1 aliphatic rings. The molecule has 0 N–H and O–H groups in total. The number of thioether (sulfide) groups is 1. The van der Waals surface area contributed by atoms with E-state index < -0.39 is 0 Å². The minimum absolute atomic E-state index is 0.532. The highest BCUT2D eigenvalue weighted by Crippen LogP contribution is 2.27. The second-order valence-electron chi connectivity index (χ2n) is 6.89. The van der Waals surface area contributed by atoms with Gasteiger partial charge in [-0.1, -0.05) is 23.9 Å². The minimum Gasteiger partial charge on any atom is -0.493 e. The topological polar surface area (TPSA) is 76.2 Å². The molecule has 8 heteroatoms. The van der Waals surface area contributed by atoms with Gasteiger partial charge in [0.15, 0.2) is 5.16 Å². The van der Waals surface area contributed by atoms with Crippen LogP contribution in [0.2, 0.25) is 0 Å². The Kier molecular flexibility index (Phi) is 6.52. The molecular weight excluding hydrogens is 398 g/mol. The molecule has 30 heavy (non-hydrogen) atoms. The van der Waals surface area contributed by atoms with Crippen LogP contribution in [0.3, 0.4) is 0 Å². The lowest BCUT2D eigenvalue weighted by atomic mass is 10.2. The molecule has 3 aromatic rings. The van der Waals surface area contributed by atoms with E-state index in [9.17, 15) is 0 Å². The summed E-state index contributed by atoms with van der Waals surface area (Å²) in [6.07, 6.45) is 0. The average molecular weight is 422 g/mol. The van der Waals surface area contributed by atoms with E-state index in [1.165, 1.54) is 5.56 Å². The lowest BCUT2D eigenvalue weighted by Crippen LogP contribution is -2.37. The lowest BCUT2D eigenvalue weighted by molar-refractivity contribution is 0.122. The zero-order valence-corrected chi connectivity index (χ0v) is 17.6. The van der Waals surface area contributed by atoms with Crippen LogP contribution in [0.4, 0.5) is 5.95 Å². The second kappa shape index (κ2) is 9.65. The van der Waals surface area contributed by atoms with Gasteiger partial charge in [0.2, 0.25) is 5.95 Å². The van der Waals surface area contributed by atoms with Crippen LogP contribution in [-0.2, 0) is 4.74 Å². The highest BCUT2D eigenvalue weighted by Gasteiger charge is 2.21. The summed E-state index contributed by atoms with van der Waals surface area (Å²) in [5, 5.41) is 18.7. The normalized spacial score (nSPS) is 13.8. The van der Waals surface area contributed by atoms with Crippen molar-refractivity contribution in [2.45, 2.75) is 12.1 Å². The standard InChI is InChI=1S/C22H23N5O2S/c1-17-3-2-4-19(15-17)27-21(26-9-11-28-12-10-26)24-25-22(27)30-14-13-29-20-7-5-18(16-23)6-8-20/h2-8,15H,9-14H2,1H3. The van der Waals surface area contributed by atoms with Crippen LogP contribution in [0.1, 0.15) is 11.1 Å². The molecule has 154 valence electrons. The molecule has 1 aliphatic heterocycles. The smallest absolute Gasteiger partial charge is 0.232 e. The Hall–Kier alpha value is -3.02. The number of aryl methyl sites for hydroxylation is 1. The first-order valence-electron chi connectivity index (χ1n) is 9.85. The van der Waals surface area contributed by atoms with Gasteiger partial charge in [-0.2, -0.15) is 5.26 Å². The predicted molar refractivity (Wildman–Crippen MR) is 117 cm³/mol. The Labute approximate surface area is 180 Å². The van der Waals surface area contributed by atoms with E-state index in [-0.39, 0.29) is 0 Å². The first-order valence-corrected chi connectivity index (χ1v) is 10.8. The van der Waals surface area contributed by atoms with E-state index in [1.807, 2.05) is 12.1 Å². The Morgan fingerprint density at radius 1 is 1.13 bits per heavy atom. The number of nitriles is 1. The summed E-state index contributed by atoms with van der Waals surface area (Å²) >= 11 is 1.61. The van der Waals surface area contributed by atoms with Crippen molar-refractivity contribution in [3.8, 4) is 17.5 Å². The summed E-state index contributed by atoms with van der Waals surface area (Å²) in [6, 6.07) is 17.6. The molecule has 2 heterocycles. The van der Waals surface area contributed by atoms with Gasteiger partial charge in [-0.05, 0) is 48.9 Å². The third-order valence-electron chi connectivity index (χ3n) is 4.74. The number of ether oxygens (including phenoxy) is 2. The Morgan fingerprint density at radius 2 is 1.93 bits per heavy atom. The van der Waals surface area contributed by atoms with Gasteiger partial charge in [0.1, 0.15) is 5.75 Å². The number of nitrogens with zero attached hydrogens (tertiary/aromatic N) is 5. The highest BCUT2D eigenvalue weighted by molar-refractivity contribution is 7.99. The fourth-order valence-electron chi connectivity index (χ4n) is 3.24. The zero-order valence-electron chi connectivity index (χ0n) is 16.8. The van der Waals surface area contributed by atoms with Crippen LogP contribution in [0.15, 0.2) is 53.7 Å². The number of anilines is 1. The van der Waals surface area contributed by atoms with Crippen LogP contribution in [0.25, 0.3) is 5.69 Å². The molecule has 0 spiro atoms. The Bertz CT molecular complexity index is 1020. The number of morpholine rings is 1. The molecule has 0 saturated carbocycles. The third-order valence-corrected chi connectivity index (χ3v) is 5.63. The van der Waals surface area contributed by atoms with Crippen molar-refractivity contribution in [2.24, 2.45) is 0 Å². The number of benzene rings is 2. The van der Waals surface area contributed by atoms with Crippen molar-refractivity contribution in [1.82, 2.24) is 14.8 Å². The van der Waals surface area contributed by atoms with Crippen molar-refractivity contribution in [3.63, 3.8) is 0 Å². The summed E-state index contributed by atoms with van der Waals surface area (Å²) in [6.45, 7) is 5.61. The summed E-state index contributed by atoms with van der Waals surface area (Å²) < 4.78 is 13.4. The van der Waals surface area contributed by atoms with E-state index in [2.05, 4.69) is 56.9 Å². The SMILES string of the molecule is Cc1cccc(-n2c(SCCOc3ccc(C#N)cc3)nnc2N2CCOCC2)c1. The Balaban J connectivity index is 1.48. The van der Waals surface area contributed by atoms with Crippen molar-refractivity contribution < 1.29 is 9.47 Å². The summed E-state index contributed by atoms with van der Waals surface area (Å²) in [4.78, 5) is 2.22. The molecule has 1 saturated heterocycles. The molecule has 0 atom stereocenters. The molecule has 0 aliphatic carbocycles. The minimum atomic E-state index is 0.532. The van der Waals surface area contributed by atoms with Gasteiger partial charge in [0.25, 0.3) is 0 Å². The fourth-order valence-corrected chi connectivity index (χ4v) is 4.00. The van der Waals surface area contributed by atoms with Gasteiger partial charge >= 0.3 is 0 Å². The Morgan fingerprint density at radius 3 is 2.67 bits per heavy atom.